The molecule has 1 fully saturated rings. The fraction of sp³-hybridized carbons (Fsp3) is 0.636. The van der Waals surface area contributed by atoms with Crippen molar-refractivity contribution in [3.8, 4) is 0 Å². The van der Waals surface area contributed by atoms with Gasteiger partial charge in [-0.1, -0.05) is 0 Å². The molecule has 0 aromatic carbocycles. The van der Waals surface area contributed by atoms with Crippen LogP contribution in [0, 0.1) is 6.92 Å². The lowest BCUT2D eigenvalue weighted by molar-refractivity contribution is 0.483. The second-order valence-electron chi connectivity index (χ2n) is 4.03. The molecule has 0 amide bonds. The fourth-order valence-corrected chi connectivity index (χ4v) is 2.33. The molecule has 0 spiro atoms. The van der Waals surface area contributed by atoms with E-state index in [1.54, 1.807) is 0 Å². The van der Waals surface area contributed by atoms with Crippen molar-refractivity contribution in [3.63, 3.8) is 0 Å². The van der Waals surface area contributed by atoms with Gasteiger partial charge in [0.15, 0.2) is 5.82 Å². The minimum absolute atomic E-state index is 0.428. The van der Waals surface area contributed by atoms with Crippen molar-refractivity contribution in [2.45, 2.75) is 32.2 Å². The van der Waals surface area contributed by atoms with Crippen LogP contribution in [0.15, 0.2) is 12.1 Å². The zero-order chi connectivity index (χ0) is 10.7. The van der Waals surface area contributed by atoms with Gasteiger partial charge < -0.3 is 4.90 Å². The topological polar surface area (TPSA) is 29.0 Å². The highest BCUT2D eigenvalue weighted by Gasteiger charge is 2.22. The van der Waals surface area contributed by atoms with E-state index in [0.29, 0.717) is 11.9 Å². The highest BCUT2D eigenvalue weighted by molar-refractivity contribution is 6.18. The Labute approximate surface area is 95.5 Å². The summed E-state index contributed by atoms with van der Waals surface area (Å²) in [6, 6.07) is 4.47. The minimum atomic E-state index is 0.428. The van der Waals surface area contributed by atoms with Crippen LogP contribution >= 0.6 is 11.6 Å². The quantitative estimate of drug-likeness (QED) is 0.724. The number of nitrogens with zero attached hydrogens (tertiary/aromatic N) is 3. The standard InChI is InChI=1S/C11H16ClN3/c1-9-5-6-11(14-13-9)15-7-3-2-4-10(15)8-12/h5-6,10H,2-4,7-8H2,1H3. The number of alkyl halides is 1. The summed E-state index contributed by atoms with van der Waals surface area (Å²) in [5, 5.41) is 8.31. The van der Waals surface area contributed by atoms with E-state index in [0.717, 1.165) is 18.1 Å². The number of piperidine rings is 1. The average Bonchev–Trinajstić information content (AvgIpc) is 2.30. The third-order valence-electron chi connectivity index (χ3n) is 2.88. The Morgan fingerprint density at radius 1 is 1.40 bits per heavy atom. The maximum atomic E-state index is 5.97. The van der Waals surface area contributed by atoms with Gasteiger partial charge in [0, 0.05) is 18.5 Å². The van der Waals surface area contributed by atoms with E-state index in [1.807, 2.05) is 19.1 Å². The molecule has 1 aromatic heterocycles. The zero-order valence-corrected chi connectivity index (χ0v) is 9.74. The van der Waals surface area contributed by atoms with E-state index >= 15 is 0 Å². The number of hydrogen-bond donors (Lipinski definition) is 0. The fourth-order valence-electron chi connectivity index (χ4n) is 2.01. The SMILES string of the molecule is Cc1ccc(N2CCCCC2CCl)nn1. The van der Waals surface area contributed by atoms with Gasteiger partial charge in [-0.2, -0.15) is 5.10 Å². The van der Waals surface area contributed by atoms with Crippen molar-refractivity contribution < 1.29 is 0 Å². The van der Waals surface area contributed by atoms with Gasteiger partial charge in [0.25, 0.3) is 0 Å². The Hall–Kier alpha value is -0.830. The van der Waals surface area contributed by atoms with Gasteiger partial charge in [-0.25, -0.2) is 0 Å². The number of hydrogen-bond acceptors (Lipinski definition) is 3. The first-order valence-electron chi connectivity index (χ1n) is 5.44. The van der Waals surface area contributed by atoms with E-state index in [-0.39, 0.29) is 0 Å². The minimum Gasteiger partial charge on any atom is -0.351 e. The summed E-state index contributed by atoms with van der Waals surface area (Å²) in [5.74, 6) is 1.64. The Morgan fingerprint density at radius 2 is 2.27 bits per heavy atom. The second-order valence-corrected chi connectivity index (χ2v) is 4.34. The molecule has 1 aliphatic heterocycles. The maximum Gasteiger partial charge on any atom is 0.151 e. The summed E-state index contributed by atoms with van der Waals surface area (Å²) in [5.41, 5.74) is 0.957. The number of aromatic nitrogens is 2. The van der Waals surface area contributed by atoms with Crippen molar-refractivity contribution in [1.82, 2.24) is 10.2 Å². The first-order valence-corrected chi connectivity index (χ1v) is 5.97. The molecule has 4 heteroatoms. The molecule has 0 aliphatic carbocycles. The van der Waals surface area contributed by atoms with Gasteiger partial charge in [0.1, 0.15) is 0 Å². The molecule has 1 aromatic rings. The lowest BCUT2D eigenvalue weighted by atomic mass is 10.0. The van der Waals surface area contributed by atoms with Gasteiger partial charge in [0.2, 0.25) is 0 Å². The van der Waals surface area contributed by atoms with Crippen molar-refractivity contribution in [3.05, 3.63) is 17.8 Å². The predicted octanol–water partition coefficient (Wildman–Crippen LogP) is 2.38. The molecule has 2 rings (SSSR count). The molecule has 1 atom stereocenters. The molecule has 0 saturated carbocycles. The first kappa shape index (κ1) is 10.7. The van der Waals surface area contributed by atoms with Crippen molar-refractivity contribution >= 4 is 17.4 Å². The van der Waals surface area contributed by atoms with Crippen LogP contribution in [0.1, 0.15) is 25.0 Å². The summed E-state index contributed by atoms with van der Waals surface area (Å²) in [6.45, 7) is 3.00. The maximum absolute atomic E-state index is 5.97. The number of rotatable bonds is 2. The summed E-state index contributed by atoms with van der Waals surface area (Å²) >= 11 is 5.97. The summed E-state index contributed by atoms with van der Waals surface area (Å²) in [7, 11) is 0. The molecule has 1 aliphatic rings. The first-order chi connectivity index (χ1) is 7.31. The number of aryl methyl sites for hydroxylation is 1. The smallest absolute Gasteiger partial charge is 0.151 e. The van der Waals surface area contributed by atoms with E-state index in [1.165, 1.54) is 19.3 Å². The van der Waals surface area contributed by atoms with Gasteiger partial charge in [0.05, 0.1) is 5.69 Å². The van der Waals surface area contributed by atoms with Crippen molar-refractivity contribution in [2.24, 2.45) is 0 Å². The van der Waals surface area contributed by atoms with Crippen LogP contribution in [-0.4, -0.2) is 28.7 Å². The molecular formula is C11H16ClN3. The molecule has 0 bridgehead atoms. The number of halogens is 1. The van der Waals surface area contributed by atoms with Crippen LogP contribution in [0.3, 0.4) is 0 Å². The van der Waals surface area contributed by atoms with E-state index in [4.69, 9.17) is 11.6 Å². The lowest BCUT2D eigenvalue weighted by Crippen LogP contribution is -2.41. The molecule has 3 nitrogen and oxygen atoms in total. The van der Waals surface area contributed by atoms with Gasteiger partial charge in [-0.05, 0) is 38.3 Å². The largest absolute Gasteiger partial charge is 0.351 e. The zero-order valence-electron chi connectivity index (χ0n) is 8.99. The highest BCUT2D eigenvalue weighted by Crippen LogP contribution is 2.23. The molecule has 82 valence electrons. The molecular weight excluding hydrogens is 210 g/mol. The predicted molar refractivity (Wildman–Crippen MR) is 62.5 cm³/mol. The van der Waals surface area contributed by atoms with Crippen molar-refractivity contribution in [1.29, 1.82) is 0 Å². The van der Waals surface area contributed by atoms with Crippen LogP contribution in [-0.2, 0) is 0 Å². The monoisotopic (exact) mass is 225 g/mol. The summed E-state index contributed by atoms with van der Waals surface area (Å²) < 4.78 is 0. The molecule has 2 heterocycles. The van der Waals surface area contributed by atoms with E-state index < -0.39 is 0 Å². The normalized spacial score (nSPS) is 21.7. The third kappa shape index (κ3) is 2.40. The summed E-state index contributed by atoms with van der Waals surface area (Å²) in [6.07, 6.45) is 3.66. The Balaban J connectivity index is 2.16. The van der Waals surface area contributed by atoms with Crippen LogP contribution in [0.5, 0.6) is 0 Å². The van der Waals surface area contributed by atoms with Crippen LogP contribution < -0.4 is 4.90 Å². The Morgan fingerprint density at radius 3 is 2.93 bits per heavy atom. The van der Waals surface area contributed by atoms with Gasteiger partial charge >= 0.3 is 0 Å². The molecule has 0 N–H and O–H groups in total. The Kier molecular flexibility index (Phi) is 3.41. The molecule has 1 unspecified atom stereocenters. The molecule has 15 heavy (non-hydrogen) atoms. The van der Waals surface area contributed by atoms with Gasteiger partial charge in [-0.15, -0.1) is 16.7 Å². The van der Waals surface area contributed by atoms with E-state index in [9.17, 15) is 0 Å². The molecule has 0 radical (unpaired) electrons. The van der Waals surface area contributed by atoms with Gasteiger partial charge in [-0.3, -0.25) is 0 Å². The molecule has 1 saturated heterocycles. The average molecular weight is 226 g/mol. The third-order valence-corrected chi connectivity index (χ3v) is 3.24. The number of anilines is 1. The van der Waals surface area contributed by atoms with Crippen molar-refractivity contribution in [2.75, 3.05) is 17.3 Å². The van der Waals surface area contributed by atoms with Crippen LogP contribution in [0.25, 0.3) is 0 Å². The second kappa shape index (κ2) is 4.79. The highest BCUT2D eigenvalue weighted by atomic mass is 35.5. The van der Waals surface area contributed by atoms with Crippen LogP contribution in [0.4, 0.5) is 5.82 Å². The van der Waals surface area contributed by atoms with E-state index in [2.05, 4.69) is 15.1 Å². The summed E-state index contributed by atoms with van der Waals surface area (Å²) in [4.78, 5) is 2.28. The Bertz CT molecular complexity index is 312. The lowest BCUT2D eigenvalue weighted by Gasteiger charge is -2.35. The van der Waals surface area contributed by atoms with Crippen LogP contribution in [0.2, 0.25) is 0 Å².